The van der Waals surface area contributed by atoms with Gasteiger partial charge in [0, 0.05) is 12.2 Å². The van der Waals surface area contributed by atoms with E-state index in [4.69, 9.17) is 9.47 Å². The molecule has 0 aliphatic heterocycles. The van der Waals surface area contributed by atoms with Crippen molar-refractivity contribution >= 4 is 11.6 Å². The second-order valence-electron chi connectivity index (χ2n) is 6.28. The van der Waals surface area contributed by atoms with Crippen LogP contribution < -0.4 is 20.1 Å². The first-order valence-corrected chi connectivity index (χ1v) is 9.13. The smallest absolute Gasteiger partial charge is 0.239 e. The highest BCUT2D eigenvalue weighted by molar-refractivity contribution is 5.80. The van der Waals surface area contributed by atoms with Crippen LogP contribution in [0.25, 0.3) is 0 Å². The summed E-state index contributed by atoms with van der Waals surface area (Å²) in [5.74, 6) is 1.52. The minimum absolute atomic E-state index is 0.0692. The molecule has 0 saturated heterocycles. The Morgan fingerprint density at radius 3 is 2.18 bits per heavy atom. The van der Waals surface area contributed by atoms with Crippen LogP contribution in [0.3, 0.4) is 0 Å². The Kier molecular flexibility index (Phi) is 6.90. The van der Waals surface area contributed by atoms with Crippen LogP contribution in [0.15, 0.2) is 78.9 Å². The first-order valence-electron chi connectivity index (χ1n) is 9.13. The third kappa shape index (κ3) is 6.06. The van der Waals surface area contributed by atoms with Crippen LogP contribution >= 0.6 is 0 Å². The van der Waals surface area contributed by atoms with Crippen LogP contribution in [0.2, 0.25) is 0 Å². The van der Waals surface area contributed by atoms with Crippen molar-refractivity contribution < 1.29 is 14.3 Å². The van der Waals surface area contributed by atoms with Crippen molar-refractivity contribution in [3.05, 3.63) is 90.0 Å². The number of carbonyl (C=O) groups excluding carboxylic acids is 1. The fourth-order valence-electron chi connectivity index (χ4n) is 2.60. The highest BCUT2D eigenvalue weighted by Crippen LogP contribution is 2.17. The van der Waals surface area contributed by atoms with E-state index in [1.807, 2.05) is 78.9 Å². The number of rotatable bonds is 9. The summed E-state index contributed by atoms with van der Waals surface area (Å²) in [5, 5.41) is 6.00. The molecule has 1 amide bonds. The summed E-state index contributed by atoms with van der Waals surface area (Å²) in [6, 6.07) is 25.2. The Hall–Kier alpha value is -3.47. The largest absolute Gasteiger partial charge is 0.497 e. The maximum absolute atomic E-state index is 12.0. The predicted molar refractivity (Wildman–Crippen MR) is 111 cm³/mol. The first-order chi connectivity index (χ1) is 13.7. The van der Waals surface area contributed by atoms with E-state index in [1.54, 1.807) is 7.11 Å². The molecule has 0 atom stereocenters. The number of anilines is 1. The zero-order valence-electron chi connectivity index (χ0n) is 15.9. The Balaban J connectivity index is 1.39. The maximum Gasteiger partial charge on any atom is 0.239 e. The van der Waals surface area contributed by atoms with Gasteiger partial charge in [0.15, 0.2) is 0 Å². The van der Waals surface area contributed by atoms with Gasteiger partial charge in [-0.2, -0.15) is 0 Å². The van der Waals surface area contributed by atoms with Gasteiger partial charge < -0.3 is 20.1 Å². The van der Waals surface area contributed by atoms with Crippen molar-refractivity contribution in [2.45, 2.75) is 13.2 Å². The Morgan fingerprint density at radius 2 is 1.50 bits per heavy atom. The first kappa shape index (κ1) is 19.3. The zero-order valence-corrected chi connectivity index (χ0v) is 15.9. The molecular weight excluding hydrogens is 352 g/mol. The number of hydrogen-bond acceptors (Lipinski definition) is 4. The van der Waals surface area contributed by atoms with Crippen molar-refractivity contribution in [2.24, 2.45) is 0 Å². The van der Waals surface area contributed by atoms with E-state index in [2.05, 4.69) is 10.6 Å². The number of nitrogens with one attached hydrogen (secondary N) is 2. The number of ether oxygens (including phenoxy) is 2. The van der Waals surface area contributed by atoms with Crippen molar-refractivity contribution in [1.82, 2.24) is 5.32 Å². The van der Waals surface area contributed by atoms with Crippen LogP contribution in [-0.4, -0.2) is 19.6 Å². The third-order valence-electron chi connectivity index (χ3n) is 4.20. The topological polar surface area (TPSA) is 59.6 Å². The molecule has 3 aromatic carbocycles. The SMILES string of the molecule is COc1ccc(CNC(=O)CNc2ccc(OCc3ccccc3)cc2)cc1. The molecule has 0 aliphatic carbocycles. The van der Waals surface area contributed by atoms with E-state index in [1.165, 1.54) is 0 Å². The number of hydrogen-bond donors (Lipinski definition) is 2. The van der Waals surface area contributed by atoms with Crippen LogP contribution in [0, 0.1) is 0 Å². The van der Waals surface area contributed by atoms with Crippen LogP contribution in [0.4, 0.5) is 5.69 Å². The highest BCUT2D eigenvalue weighted by atomic mass is 16.5. The van der Waals surface area contributed by atoms with Gasteiger partial charge in [0.05, 0.1) is 13.7 Å². The molecule has 28 heavy (non-hydrogen) atoms. The Bertz CT molecular complexity index is 863. The molecule has 0 saturated carbocycles. The van der Waals surface area contributed by atoms with Gasteiger partial charge in [0.1, 0.15) is 18.1 Å². The van der Waals surface area contributed by atoms with Gasteiger partial charge in [-0.25, -0.2) is 0 Å². The molecule has 3 rings (SSSR count). The maximum atomic E-state index is 12.0. The van der Waals surface area contributed by atoms with Crippen LogP contribution in [0.5, 0.6) is 11.5 Å². The molecule has 5 heteroatoms. The quantitative estimate of drug-likeness (QED) is 0.593. The molecule has 144 valence electrons. The molecule has 0 heterocycles. The third-order valence-corrected chi connectivity index (χ3v) is 4.20. The second kappa shape index (κ2) is 10.0. The number of benzene rings is 3. The summed E-state index contributed by atoms with van der Waals surface area (Å²) in [6.07, 6.45) is 0. The van der Waals surface area contributed by atoms with Gasteiger partial charge >= 0.3 is 0 Å². The molecule has 0 bridgehead atoms. The minimum Gasteiger partial charge on any atom is -0.497 e. The molecule has 0 unspecified atom stereocenters. The normalized spacial score (nSPS) is 10.2. The van der Waals surface area contributed by atoms with E-state index in [-0.39, 0.29) is 12.5 Å². The van der Waals surface area contributed by atoms with E-state index < -0.39 is 0 Å². The summed E-state index contributed by atoms with van der Waals surface area (Å²) in [4.78, 5) is 12.0. The second-order valence-corrected chi connectivity index (χ2v) is 6.28. The standard InChI is InChI=1S/C23H24N2O3/c1-27-21-11-7-18(8-12-21)15-25-23(26)16-24-20-9-13-22(14-10-20)28-17-19-5-3-2-4-6-19/h2-14,24H,15-17H2,1H3,(H,25,26). The summed E-state index contributed by atoms with van der Waals surface area (Å²) < 4.78 is 10.9. The summed E-state index contributed by atoms with van der Waals surface area (Å²) >= 11 is 0. The fourth-order valence-corrected chi connectivity index (χ4v) is 2.60. The minimum atomic E-state index is -0.0692. The average molecular weight is 376 g/mol. The number of carbonyl (C=O) groups is 1. The zero-order chi connectivity index (χ0) is 19.6. The lowest BCUT2D eigenvalue weighted by molar-refractivity contribution is -0.119. The summed E-state index contributed by atoms with van der Waals surface area (Å²) in [7, 11) is 1.63. The monoisotopic (exact) mass is 376 g/mol. The molecule has 0 radical (unpaired) electrons. The van der Waals surface area contributed by atoms with Gasteiger partial charge in [-0.05, 0) is 47.5 Å². The van der Waals surface area contributed by atoms with Gasteiger partial charge in [0.2, 0.25) is 5.91 Å². The van der Waals surface area contributed by atoms with E-state index in [9.17, 15) is 4.79 Å². The van der Waals surface area contributed by atoms with E-state index in [0.717, 1.165) is 28.3 Å². The average Bonchev–Trinajstić information content (AvgIpc) is 2.76. The molecule has 0 aliphatic rings. The van der Waals surface area contributed by atoms with Crippen molar-refractivity contribution in [1.29, 1.82) is 0 Å². The van der Waals surface area contributed by atoms with Crippen molar-refractivity contribution in [3.63, 3.8) is 0 Å². The van der Waals surface area contributed by atoms with Crippen LogP contribution in [-0.2, 0) is 17.9 Å². The van der Waals surface area contributed by atoms with E-state index in [0.29, 0.717) is 13.2 Å². The lowest BCUT2D eigenvalue weighted by Gasteiger charge is -2.10. The van der Waals surface area contributed by atoms with Gasteiger partial charge in [-0.3, -0.25) is 4.79 Å². The van der Waals surface area contributed by atoms with E-state index >= 15 is 0 Å². The predicted octanol–water partition coefficient (Wildman–Crippen LogP) is 4.00. The van der Waals surface area contributed by atoms with Crippen LogP contribution in [0.1, 0.15) is 11.1 Å². The summed E-state index contributed by atoms with van der Waals surface area (Å²) in [6.45, 7) is 1.22. The molecule has 5 nitrogen and oxygen atoms in total. The van der Waals surface area contributed by atoms with Crippen molar-refractivity contribution in [2.75, 3.05) is 19.0 Å². The molecule has 3 aromatic rings. The Labute approximate surface area is 165 Å². The lowest BCUT2D eigenvalue weighted by Crippen LogP contribution is -2.29. The Morgan fingerprint density at radius 1 is 0.821 bits per heavy atom. The number of amides is 1. The van der Waals surface area contributed by atoms with Gasteiger partial charge in [-0.15, -0.1) is 0 Å². The van der Waals surface area contributed by atoms with Gasteiger partial charge in [0.25, 0.3) is 0 Å². The number of methoxy groups -OCH3 is 1. The molecule has 0 spiro atoms. The molecule has 0 fully saturated rings. The lowest BCUT2D eigenvalue weighted by atomic mass is 10.2. The van der Waals surface area contributed by atoms with Crippen molar-refractivity contribution in [3.8, 4) is 11.5 Å². The van der Waals surface area contributed by atoms with Gasteiger partial charge in [-0.1, -0.05) is 42.5 Å². The fraction of sp³-hybridized carbons (Fsp3) is 0.174. The molecule has 0 aromatic heterocycles. The highest BCUT2D eigenvalue weighted by Gasteiger charge is 2.03. The molecule has 2 N–H and O–H groups in total. The molecular formula is C23H24N2O3. The summed E-state index contributed by atoms with van der Waals surface area (Å²) in [5.41, 5.74) is 3.01.